The fourth-order valence-electron chi connectivity index (χ4n) is 1.07. The van der Waals surface area contributed by atoms with E-state index < -0.39 is 0 Å². The molecule has 0 aliphatic carbocycles. The van der Waals surface area contributed by atoms with Crippen LogP contribution in [0.2, 0.25) is 0 Å². The van der Waals surface area contributed by atoms with Gasteiger partial charge in [0, 0.05) is 0 Å². The van der Waals surface area contributed by atoms with Crippen molar-refractivity contribution in [2.24, 2.45) is 11.7 Å². The van der Waals surface area contributed by atoms with Crippen LogP contribution in [0.15, 0.2) is 0 Å². The molecule has 1 aromatic heterocycles. The lowest BCUT2D eigenvalue weighted by Crippen LogP contribution is -2.14. The smallest absolute Gasteiger partial charge is 0.239 e. The quantitative estimate of drug-likeness (QED) is 0.611. The summed E-state index contributed by atoms with van der Waals surface area (Å²) in [5.74, 6) is 1.47. The van der Waals surface area contributed by atoms with Crippen molar-refractivity contribution in [3.05, 3.63) is 5.82 Å². The minimum Gasteiger partial charge on any atom is -0.367 e. The van der Waals surface area contributed by atoms with Gasteiger partial charge in [-0.2, -0.15) is 4.98 Å². The summed E-state index contributed by atoms with van der Waals surface area (Å²) in [5, 5.41) is 6.41. The Morgan fingerprint density at radius 3 is 2.58 bits per heavy atom. The minimum atomic E-state index is -0.0881. The number of hydrogen-bond donors (Lipinski definition) is 3. The highest BCUT2D eigenvalue weighted by Crippen LogP contribution is 2.14. The Hall–Kier alpha value is -1.10. The molecular formula is C7H15N5. The molecule has 0 fully saturated rings. The molecule has 12 heavy (non-hydrogen) atoms. The third-order valence-electron chi connectivity index (χ3n) is 1.60. The van der Waals surface area contributed by atoms with E-state index >= 15 is 0 Å². The van der Waals surface area contributed by atoms with Gasteiger partial charge in [-0.25, -0.2) is 0 Å². The molecule has 0 radical (unpaired) electrons. The van der Waals surface area contributed by atoms with Crippen LogP contribution in [0.1, 0.15) is 32.1 Å². The molecule has 1 rings (SSSR count). The molecule has 1 aromatic rings. The first kappa shape index (κ1) is 8.99. The van der Waals surface area contributed by atoms with Crippen LogP contribution >= 0.6 is 0 Å². The standard InChI is InChI=1S/C7H15N5/c1-4(2)3-5(8)6-10-7(9)12-11-6/h4-5H,3,8H2,1-2H3,(H3,9,10,11,12)/t5-/m1/s1. The summed E-state index contributed by atoms with van der Waals surface area (Å²) in [6.45, 7) is 4.22. The zero-order chi connectivity index (χ0) is 9.14. The van der Waals surface area contributed by atoms with Crippen LogP contribution < -0.4 is 11.5 Å². The van der Waals surface area contributed by atoms with E-state index in [0.717, 1.165) is 6.42 Å². The number of aromatic nitrogens is 3. The number of nitrogens with zero attached hydrogens (tertiary/aromatic N) is 2. The molecule has 0 amide bonds. The molecule has 5 heteroatoms. The lowest BCUT2D eigenvalue weighted by atomic mass is 10.0. The maximum atomic E-state index is 5.82. The highest BCUT2D eigenvalue weighted by molar-refractivity contribution is 5.13. The molecule has 0 bridgehead atoms. The predicted octanol–water partition coefficient (Wildman–Crippen LogP) is 0.433. The number of nitrogens with one attached hydrogen (secondary N) is 1. The molecule has 0 unspecified atom stereocenters. The van der Waals surface area contributed by atoms with Gasteiger partial charge in [0.1, 0.15) is 5.82 Å². The van der Waals surface area contributed by atoms with Crippen LogP contribution in [-0.2, 0) is 0 Å². The molecular weight excluding hydrogens is 154 g/mol. The van der Waals surface area contributed by atoms with Gasteiger partial charge < -0.3 is 11.5 Å². The van der Waals surface area contributed by atoms with E-state index in [1.54, 1.807) is 0 Å². The zero-order valence-electron chi connectivity index (χ0n) is 7.41. The molecule has 1 atom stereocenters. The highest BCUT2D eigenvalue weighted by atomic mass is 15.3. The van der Waals surface area contributed by atoms with Crippen molar-refractivity contribution < 1.29 is 0 Å². The van der Waals surface area contributed by atoms with Gasteiger partial charge in [0.2, 0.25) is 5.95 Å². The molecule has 0 aromatic carbocycles. The Morgan fingerprint density at radius 1 is 1.50 bits per heavy atom. The maximum absolute atomic E-state index is 5.82. The van der Waals surface area contributed by atoms with Crippen molar-refractivity contribution >= 4 is 5.95 Å². The second-order valence-electron chi connectivity index (χ2n) is 3.31. The molecule has 68 valence electrons. The molecule has 0 saturated heterocycles. The van der Waals surface area contributed by atoms with E-state index in [2.05, 4.69) is 29.0 Å². The fraction of sp³-hybridized carbons (Fsp3) is 0.714. The number of anilines is 1. The van der Waals surface area contributed by atoms with Gasteiger partial charge in [0.25, 0.3) is 0 Å². The summed E-state index contributed by atoms with van der Waals surface area (Å²) in [6.07, 6.45) is 0.884. The topological polar surface area (TPSA) is 93.6 Å². The second-order valence-corrected chi connectivity index (χ2v) is 3.31. The third kappa shape index (κ3) is 2.20. The molecule has 5 N–H and O–H groups in total. The van der Waals surface area contributed by atoms with E-state index in [1.165, 1.54) is 0 Å². The molecule has 0 saturated carbocycles. The first-order valence-electron chi connectivity index (χ1n) is 4.03. The lowest BCUT2D eigenvalue weighted by Gasteiger charge is -2.09. The summed E-state index contributed by atoms with van der Waals surface area (Å²) in [6, 6.07) is -0.0881. The van der Waals surface area contributed by atoms with E-state index in [-0.39, 0.29) is 12.0 Å². The van der Waals surface area contributed by atoms with Crippen molar-refractivity contribution in [3.63, 3.8) is 0 Å². The van der Waals surface area contributed by atoms with E-state index in [0.29, 0.717) is 11.7 Å². The Balaban J connectivity index is 2.58. The van der Waals surface area contributed by atoms with Crippen LogP contribution in [0.5, 0.6) is 0 Å². The summed E-state index contributed by atoms with van der Waals surface area (Å²) >= 11 is 0. The van der Waals surface area contributed by atoms with Gasteiger partial charge in [-0.15, -0.1) is 5.10 Å². The summed E-state index contributed by atoms with van der Waals surface area (Å²) in [5.41, 5.74) is 11.2. The molecule has 0 spiro atoms. The number of hydrogen-bond acceptors (Lipinski definition) is 4. The van der Waals surface area contributed by atoms with Gasteiger partial charge in [-0.05, 0) is 12.3 Å². The number of rotatable bonds is 3. The van der Waals surface area contributed by atoms with Gasteiger partial charge in [-0.3, -0.25) is 5.10 Å². The summed E-state index contributed by atoms with van der Waals surface area (Å²) in [4.78, 5) is 3.95. The van der Waals surface area contributed by atoms with E-state index in [1.807, 2.05) is 0 Å². The van der Waals surface area contributed by atoms with Gasteiger partial charge in [0.05, 0.1) is 6.04 Å². The Labute approximate surface area is 71.6 Å². The zero-order valence-corrected chi connectivity index (χ0v) is 7.41. The maximum Gasteiger partial charge on any atom is 0.239 e. The van der Waals surface area contributed by atoms with Crippen LogP contribution in [0.25, 0.3) is 0 Å². The molecule has 0 aliphatic rings. The average Bonchev–Trinajstić information content (AvgIpc) is 2.34. The van der Waals surface area contributed by atoms with Crippen LogP contribution in [0.3, 0.4) is 0 Å². The normalized spacial score (nSPS) is 13.7. The second kappa shape index (κ2) is 3.53. The van der Waals surface area contributed by atoms with Gasteiger partial charge >= 0.3 is 0 Å². The first-order valence-corrected chi connectivity index (χ1v) is 4.03. The van der Waals surface area contributed by atoms with Crippen LogP contribution in [-0.4, -0.2) is 15.2 Å². The predicted molar refractivity (Wildman–Crippen MR) is 47.2 cm³/mol. The Kier molecular flexibility index (Phi) is 2.65. The molecule has 5 nitrogen and oxygen atoms in total. The third-order valence-corrected chi connectivity index (χ3v) is 1.60. The Morgan fingerprint density at radius 2 is 2.17 bits per heavy atom. The minimum absolute atomic E-state index is 0.0881. The van der Waals surface area contributed by atoms with Crippen molar-refractivity contribution in [1.82, 2.24) is 15.2 Å². The van der Waals surface area contributed by atoms with Gasteiger partial charge in [-0.1, -0.05) is 13.8 Å². The fourth-order valence-corrected chi connectivity index (χ4v) is 1.07. The first-order chi connectivity index (χ1) is 5.59. The number of nitrogen functional groups attached to an aromatic ring is 1. The van der Waals surface area contributed by atoms with Crippen molar-refractivity contribution in [2.75, 3.05) is 5.73 Å². The lowest BCUT2D eigenvalue weighted by molar-refractivity contribution is 0.494. The summed E-state index contributed by atoms with van der Waals surface area (Å²) in [7, 11) is 0. The number of H-pyrrole nitrogens is 1. The van der Waals surface area contributed by atoms with Crippen LogP contribution in [0, 0.1) is 5.92 Å². The average molecular weight is 169 g/mol. The monoisotopic (exact) mass is 169 g/mol. The van der Waals surface area contributed by atoms with Crippen molar-refractivity contribution in [2.45, 2.75) is 26.3 Å². The van der Waals surface area contributed by atoms with Crippen molar-refractivity contribution in [3.8, 4) is 0 Å². The Bertz CT molecular complexity index is 242. The molecule has 1 heterocycles. The van der Waals surface area contributed by atoms with Crippen molar-refractivity contribution in [1.29, 1.82) is 0 Å². The number of nitrogens with two attached hydrogens (primary N) is 2. The summed E-state index contributed by atoms with van der Waals surface area (Å²) < 4.78 is 0. The van der Waals surface area contributed by atoms with Crippen LogP contribution in [0.4, 0.5) is 5.95 Å². The SMILES string of the molecule is CC(C)C[C@@H](N)c1nc(N)n[nH]1. The molecule has 0 aliphatic heterocycles. The van der Waals surface area contributed by atoms with E-state index in [9.17, 15) is 0 Å². The highest BCUT2D eigenvalue weighted by Gasteiger charge is 2.11. The largest absolute Gasteiger partial charge is 0.367 e. The number of aromatic amines is 1. The van der Waals surface area contributed by atoms with Gasteiger partial charge in [0.15, 0.2) is 0 Å². The van der Waals surface area contributed by atoms with E-state index in [4.69, 9.17) is 11.5 Å².